The highest BCUT2D eigenvalue weighted by Gasteiger charge is 2.21. The van der Waals surface area contributed by atoms with Crippen LogP contribution in [0.25, 0.3) is 5.57 Å². The predicted octanol–water partition coefficient (Wildman–Crippen LogP) is 6.33. The number of aliphatic carboxylic acids is 1. The Morgan fingerprint density at radius 2 is 1.63 bits per heavy atom. The first-order chi connectivity index (χ1) is 14.7. The molecule has 1 saturated heterocycles. The van der Waals surface area contributed by atoms with Crippen molar-refractivity contribution in [3.63, 3.8) is 0 Å². The van der Waals surface area contributed by atoms with Gasteiger partial charge in [0.25, 0.3) is 0 Å². The van der Waals surface area contributed by atoms with Gasteiger partial charge < -0.3 is 10.0 Å². The first-order valence-corrected chi connectivity index (χ1v) is 12.0. The summed E-state index contributed by atoms with van der Waals surface area (Å²) in [7, 11) is 0. The Hall–Kier alpha value is -2.04. The number of unbranched alkanes of at least 4 members (excludes halogenated alkanes) is 1. The fraction of sp³-hybridized carbons (Fsp3) is 0.423. The summed E-state index contributed by atoms with van der Waals surface area (Å²) in [5.74, 6) is 0.114. The second-order valence-corrected chi connectivity index (χ2v) is 9.51. The lowest BCUT2D eigenvalue weighted by atomic mass is 9.91. The summed E-state index contributed by atoms with van der Waals surface area (Å²) in [4.78, 5) is 15.9. The highest BCUT2D eigenvalue weighted by molar-refractivity contribution is 7.99. The fourth-order valence-corrected chi connectivity index (χ4v) is 5.75. The molecule has 4 heteroatoms. The van der Waals surface area contributed by atoms with Gasteiger partial charge in [0, 0.05) is 22.8 Å². The van der Waals surface area contributed by atoms with E-state index in [2.05, 4.69) is 59.5 Å². The third-order valence-electron chi connectivity index (χ3n) is 6.33. The zero-order valence-electron chi connectivity index (χ0n) is 17.6. The molecule has 0 bridgehead atoms. The number of likely N-dealkylation sites (tertiary alicyclic amines) is 1. The summed E-state index contributed by atoms with van der Waals surface area (Å²) in [5.41, 5.74) is 4.11. The fourth-order valence-electron chi connectivity index (χ4n) is 4.64. The zero-order valence-corrected chi connectivity index (χ0v) is 18.4. The maximum absolute atomic E-state index is 10.6. The lowest BCUT2D eigenvalue weighted by Crippen LogP contribution is -2.34. The minimum absolute atomic E-state index is 0.318. The van der Waals surface area contributed by atoms with Gasteiger partial charge in [-0.05, 0) is 73.5 Å². The number of rotatable bonds is 8. The van der Waals surface area contributed by atoms with E-state index in [1.54, 1.807) is 0 Å². The van der Waals surface area contributed by atoms with Crippen molar-refractivity contribution in [3.05, 3.63) is 65.7 Å². The molecule has 0 saturated carbocycles. The topological polar surface area (TPSA) is 40.5 Å². The van der Waals surface area contributed by atoms with Crippen LogP contribution in [-0.2, 0) is 4.79 Å². The van der Waals surface area contributed by atoms with E-state index >= 15 is 0 Å². The SMILES string of the molecule is O=C(O)CCCCC1CCN(CCC=C2c3ccccc3Sc3ccccc32)CC1. The van der Waals surface area contributed by atoms with Crippen LogP contribution >= 0.6 is 11.8 Å². The molecule has 3 nitrogen and oxygen atoms in total. The second kappa shape index (κ2) is 10.3. The molecule has 4 rings (SSSR count). The molecule has 1 fully saturated rings. The maximum atomic E-state index is 10.6. The number of fused-ring (bicyclic) bond motifs is 2. The minimum Gasteiger partial charge on any atom is -0.481 e. The number of benzene rings is 2. The Kier molecular flexibility index (Phi) is 7.29. The van der Waals surface area contributed by atoms with Crippen LogP contribution < -0.4 is 0 Å². The monoisotopic (exact) mass is 421 g/mol. The molecule has 2 aliphatic heterocycles. The van der Waals surface area contributed by atoms with Crippen LogP contribution in [0.1, 0.15) is 56.1 Å². The molecule has 0 amide bonds. The van der Waals surface area contributed by atoms with Crippen molar-refractivity contribution in [1.82, 2.24) is 4.90 Å². The normalized spacial score (nSPS) is 16.7. The molecule has 0 atom stereocenters. The molecule has 0 radical (unpaired) electrons. The van der Waals surface area contributed by atoms with Crippen LogP contribution in [-0.4, -0.2) is 35.6 Å². The number of piperidine rings is 1. The van der Waals surface area contributed by atoms with Gasteiger partial charge in [0.05, 0.1) is 0 Å². The van der Waals surface area contributed by atoms with Crippen molar-refractivity contribution in [2.45, 2.75) is 54.7 Å². The largest absolute Gasteiger partial charge is 0.481 e. The van der Waals surface area contributed by atoms with Crippen molar-refractivity contribution in [1.29, 1.82) is 0 Å². The molecule has 0 unspecified atom stereocenters. The van der Waals surface area contributed by atoms with Crippen molar-refractivity contribution in [2.24, 2.45) is 5.92 Å². The van der Waals surface area contributed by atoms with Crippen molar-refractivity contribution in [2.75, 3.05) is 19.6 Å². The zero-order chi connectivity index (χ0) is 20.8. The van der Waals surface area contributed by atoms with Crippen molar-refractivity contribution in [3.8, 4) is 0 Å². The van der Waals surface area contributed by atoms with Gasteiger partial charge in [-0.3, -0.25) is 4.79 Å². The quantitative estimate of drug-likeness (QED) is 0.432. The van der Waals surface area contributed by atoms with Gasteiger partial charge in [-0.15, -0.1) is 0 Å². The molecule has 158 valence electrons. The molecule has 2 aliphatic rings. The first kappa shape index (κ1) is 21.2. The number of carboxylic acid groups (broad SMARTS) is 1. The molecular weight excluding hydrogens is 390 g/mol. The Morgan fingerprint density at radius 3 is 2.27 bits per heavy atom. The lowest BCUT2D eigenvalue weighted by Gasteiger charge is -2.32. The van der Waals surface area contributed by atoms with Gasteiger partial charge in [0.15, 0.2) is 0 Å². The van der Waals surface area contributed by atoms with E-state index in [0.29, 0.717) is 6.42 Å². The van der Waals surface area contributed by atoms with Crippen molar-refractivity contribution < 1.29 is 9.90 Å². The van der Waals surface area contributed by atoms with Gasteiger partial charge >= 0.3 is 5.97 Å². The summed E-state index contributed by atoms with van der Waals surface area (Å²) >= 11 is 1.87. The summed E-state index contributed by atoms with van der Waals surface area (Å²) in [6.45, 7) is 3.47. The number of carboxylic acids is 1. The first-order valence-electron chi connectivity index (χ1n) is 11.2. The van der Waals surface area contributed by atoms with E-state index in [1.807, 2.05) is 11.8 Å². The Morgan fingerprint density at radius 1 is 1.00 bits per heavy atom. The molecule has 30 heavy (non-hydrogen) atoms. The predicted molar refractivity (Wildman–Crippen MR) is 124 cm³/mol. The van der Waals surface area contributed by atoms with Crippen LogP contribution in [0.15, 0.2) is 64.4 Å². The second-order valence-electron chi connectivity index (χ2n) is 8.43. The van der Waals surface area contributed by atoms with Crippen LogP contribution in [0, 0.1) is 5.92 Å². The molecule has 1 N–H and O–H groups in total. The molecule has 0 aliphatic carbocycles. The Balaban J connectivity index is 1.30. The number of hydrogen-bond acceptors (Lipinski definition) is 3. The van der Waals surface area contributed by atoms with E-state index in [-0.39, 0.29) is 0 Å². The Bertz CT molecular complexity index is 852. The number of carbonyl (C=O) groups is 1. The molecular formula is C26H31NO2S. The van der Waals surface area contributed by atoms with Crippen LogP contribution in [0.3, 0.4) is 0 Å². The Labute approximate surface area is 184 Å². The third kappa shape index (κ3) is 5.35. The van der Waals surface area contributed by atoms with Crippen molar-refractivity contribution >= 4 is 23.3 Å². The van der Waals surface area contributed by atoms with Gasteiger partial charge in [0.1, 0.15) is 0 Å². The molecule has 0 spiro atoms. The number of nitrogens with zero attached hydrogens (tertiary/aromatic N) is 1. The van der Waals surface area contributed by atoms with Crippen LogP contribution in [0.5, 0.6) is 0 Å². The van der Waals surface area contributed by atoms with Crippen LogP contribution in [0.4, 0.5) is 0 Å². The van der Waals surface area contributed by atoms with Gasteiger partial charge in [0.2, 0.25) is 0 Å². The van der Waals surface area contributed by atoms with E-state index < -0.39 is 5.97 Å². The van der Waals surface area contributed by atoms with Crippen LogP contribution in [0.2, 0.25) is 0 Å². The summed E-state index contributed by atoms with van der Waals surface area (Å²) in [5, 5.41) is 8.76. The minimum atomic E-state index is -0.666. The standard InChI is InChI=1S/C26H31NO2S/c28-26(29)14-6-1-8-20-15-18-27(19-16-20)17-7-11-21-22-9-2-4-12-24(22)30-25-13-5-3-10-23(21)25/h2-5,9-13,20H,1,6-8,14-19H2,(H,28,29). The molecule has 0 aromatic heterocycles. The molecule has 2 heterocycles. The number of hydrogen-bond donors (Lipinski definition) is 1. The van der Waals surface area contributed by atoms with Gasteiger partial charge in [-0.2, -0.15) is 0 Å². The third-order valence-corrected chi connectivity index (χ3v) is 7.48. The van der Waals surface area contributed by atoms with E-state index in [1.165, 1.54) is 58.8 Å². The van der Waals surface area contributed by atoms with E-state index in [4.69, 9.17) is 5.11 Å². The average Bonchev–Trinajstić information content (AvgIpc) is 2.77. The molecule has 2 aromatic carbocycles. The maximum Gasteiger partial charge on any atom is 0.303 e. The summed E-state index contributed by atoms with van der Waals surface area (Å²) in [6.07, 6.45) is 9.41. The smallest absolute Gasteiger partial charge is 0.303 e. The summed E-state index contributed by atoms with van der Waals surface area (Å²) in [6, 6.07) is 17.5. The highest BCUT2D eigenvalue weighted by atomic mass is 32.2. The van der Waals surface area contributed by atoms with Gasteiger partial charge in [-0.25, -0.2) is 0 Å². The highest BCUT2D eigenvalue weighted by Crippen LogP contribution is 2.45. The average molecular weight is 422 g/mol. The summed E-state index contributed by atoms with van der Waals surface area (Å²) < 4.78 is 0. The molecule has 2 aromatic rings. The van der Waals surface area contributed by atoms with Gasteiger partial charge in [-0.1, -0.05) is 67.1 Å². The van der Waals surface area contributed by atoms with E-state index in [9.17, 15) is 4.79 Å². The lowest BCUT2D eigenvalue weighted by molar-refractivity contribution is -0.137. The van der Waals surface area contributed by atoms with E-state index in [0.717, 1.165) is 31.7 Å².